The molecular weight excluding hydrogens is 370 g/mol. The Bertz CT molecular complexity index is 874. The summed E-state index contributed by atoms with van der Waals surface area (Å²) in [6, 6.07) is 1.55. The zero-order valence-electron chi connectivity index (χ0n) is 15.7. The first-order chi connectivity index (χ1) is 12.6. The number of primary amides is 1. The van der Waals surface area contributed by atoms with E-state index in [9.17, 15) is 9.59 Å². The van der Waals surface area contributed by atoms with Crippen LogP contribution >= 0.6 is 11.6 Å². The van der Waals surface area contributed by atoms with Gasteiger partial charge in [-0.15, -0.1) is 10.2 Å². The van der Waals surface area contributed by atoms with Gasteiger partial charge in [0.1, 0.15) is 11.4 Å². The molecule has 146 valence electrons. The SMILES string of the molecule is CC(C)(C)OC(=O)N[C@@H]1CCC[C@H](c2nnc3cc(C(N)=O)c(Cl)cn23)C1. The molecule has 27 heavy (non-hydrogen) atoms. The van der Waals surface area contributed by atoms with E-state index in [1.54, 1.807) is 16.7 Å². The Kier molecular flexibility index (Phi) is 5.28. The number of halogens is 1. The van der Waals surface area contributed by atoms with Crippen molar-refractivity contribution in [2.24, 2.45) is 5.73 Å². The number of carbonyl (C=O) groups is 2. The number of ether oxygens (including phenoxy) is 1. The number of nitrogens with two attached hydrogens (primary N) is 1. The van der Waals surface area contributed by atoms with E-state index in [4.69, 9.17) is 22.1 Å². The minimum atomic E-state index is -0.605. The van der Waals surface area contributed by atoms with Gasteiger partial charge in [0, 0.05) is 18.2 Å². The Morgan fingerprint density at radius 3 is 2.74 bits per heavy atom. The summed E-state index contributed by atoms with van der Waals surface area (Å²) < 4.78 is 7.13. The Morgan fingerprint density at radius 1 is 1.33 bits per heavy atom. The molecule has 2 heterocycles. The minimum absolute atomic E-state index is 0.00585. The average molecular weight is 394 g/mol. The summed E-state index contributed by atoms with van der Waals surface area (Å²) in [5.41, 5.74) is 5.54. The maximum atomic E-state index is 12.1. The average Bonchev–Trinajstić information content (AvgIpc) is 2.95. The van der Waals surface area contributed by atoms with E-state index in [1.807, 2.05) is 20.8 Å². The molecule has 3 N–H and O–H groups in total. The van der Waals surface area contributed by atoms with E-state index in [0.29, 0.717) is 5.65 Å². The lowest BCUT2D eigenvalue weighted by molar-refractivity contribution is 0.0489. The van der Waals surface area contributed by atoms with Crippen molar-refractivity contribution < 1.29 is 14.3 Å². The van der Waals surface area contributed by atoms with Crippen LogP contribution in [0.25, 0.3) is 5.65 Å². The van der Waals surface area contributed by atoms with Crippen molar-refractivity contribution in [2.45, 2.75) is 64.0 Å². The van der Waals surface area contributed by atoms with E-state index in [2.05, 4.69) is 15.5 Å². The van der Waals surface area contributed by atoms with Crippen molar-refractivity contribution in [1.29, 1.82) is 0 Å². The highest BCUT2D eigenvalue weighted by atomic mass is 35.5. The van der Waals surface area contributed by atoms with Gasteiger partial charge in [-0.05, 0) is 46.1 Å². The second-order valence-corrected chi connectivity index (χ2v) is 8.30. The summed E-state index contributed by atoms with van der Waals surface area (Å²) in [7, 11) is 0. The van der Waals surface area contributed by atoms with E-state index in [1.165, 1.54) is 0 Å². The topological polar surface area (TPSA) is 112 Å². The number of nitrogens with zero attached hydrogens (tertiary/aromatic N) is 3. The Morgan fingerprint density at radius 2 is 2.07 bits per heavy atom. The molecule has 0 bridgehead atoms. The summed E-state index contributed by atoms with van der Waals surface area (Å²) in [4.78, 5) is 23.5. The van der Waals surface area contributed by atoms with Crippen LogP contribution in [0.1, 0.15) is 68.6 Å². The van der Waals surface area contributed by atoms with Crippen LogP contribution in [0.15, 0.2) is 12.3 Å². The molecule has 0 aliphatic heterocycles. The standard InChI is InChI=1S/C18H24ClN5O3/c1-18(2,3)27-17(26)21-11-6-4-5-10(7-11)16-23-22-14-8-12(15(20)25)13(19)9-24(14)16/h8-11H,4-7H2,1-3H3,(H2,20,25)(H,21,26)/t10-,11+/m0/s1. The second kappa shape index (κ2) is 7.34. The lowest BCUT2D eigenvalue weighted by Gasteiger charge is -2.30. The highest BCUT2D eigenvalue weighted by Crippen LogP contribution is 2.33. The van der Waals surface area contributed by atoms with Crippen molar-refractivity contribution >= 4 is 29.2 Å². The smallest absolute Gasteiger partial charge is 0.407 e. The van der Waals surface area contributed by atoms with Gasteiger partial charge in [0.15, 0.2) is 5.65 Å². The molecule has 1 aliphatic rings. The number of alkyl carbamates (subject to hydrolysis) is 1. The molecular formula is C18H24ClN5O3. The maximum absolute atomic E-state index is 12.1. The van der Waals surface area contributed by atoms with Gasteiger partial charge in [0.25, 0.3) is 0 Å². The lowest BCUT2D eigenvalue weighted by Crippen LogP contribution is -2.41. The number of carbonyl (C=O) groups excluding carboxylic acids is 2. The molecule has 8 nitrogen and oxygen atoms in total. The van der Waals surface area contributed by atoms with Crippen LogP contribution in [0.3, 0.4) is 0 Å². The molecule has 0 unspecified atom stereocenters. The number of amides is 2. The lowest BCUT2D eigenvalue weighted by atomic mass is 9.85. The van der Waals surface area contributed by atoms with Crippen molar-refractivity contribution in [3.8, 4) is 0 Å². The highest BCUT2D eigenvalue weighted by Gasteiger charge is 2.29. The van der Waals surface area contributed by atoms with E-state index in [0.717, 1.165) is 31.5 Å². The molecule has 3 rings (SSSR count). The quantitative estimate of drug-likeness (QED) is 0.832. The Balaban J connectivity index is 1.77. The predicted octanol–water partition coefficient (Wildman–Crippen LogP) is 3.03. The fourth-order valence-electron chi connectivity index (χ4n) is 3.42. The first-order valence-electron chi connectivity index (χ1n) is 8.97. The van der Waals surface area contributed by atoms with Gasteiger partial charge < -0.3 is 15.8 Å². The molecule has 0 spiro atoms. The monoisotopic (exact) mass is 393 g/mol. The highest BCUT2D eigenvalue weighted by molar-refractivity contribution is 6.33. The number of pyridine rings is 1. The van der Waals surface area contributed by atoms with Crippen molar-refractivity contribution in [2.75, 3.05) is 0 Å². The molecule has 2 aromatic rings. The van der Waals surface area contributed by atoms with Crippen molar-refractivity contribution in [3.63, 3.8) is 0 Å². The zero-order valence-corrected chi connectivity index (χ0v) is 16.4. The Hall–Kier alpha value is -2.35. The first-order valence-corrected chi connectivity index (χ1v) is 9.35. The summed E-state index contributed by atoms with van der Waals surface area (Å²) in [5, 5.41) is 11.6. The molecule has 0 radical (unpaired) electrons. The fraction of sp³-hybridized carbons (Fsp3) is 0.556. The maximum Gasteiger partial charge on any atom is 0.407 e. The number of hydrogen-bond acceptors (Lipinski definition) is 5. The number of aromatic nitrogens is 3. The zero-order chi connectivity index (χ0) is 19.8. The van der Waals surface area contributed by atoms with Crippen LogP contribution in [0.4, 0.5) is 4.79 Å². The minimum Gasteiger partial charge on any atom is -0.444 e. The fourth-order valence-corrected chi connectivity index (χ4v) is 3.67. The van der Waals surface area contributed by atoms with Crippen molar-refractivity contribution in [3.05, 3.63) is 28.7 Å². The largest absolute Gasteiger partial charge is 0.444 e. The van der Waals surface area contributed by atoms with Crippen LogP contribution in [-0.4, -0.2) is 38.2 Å². The summed E-state index contributed by atoms with van der Waals surface area (Å²) in [6.07, 6.45) is 4.72. The third-order valence-electron chi connectivity index (χ3n) is 4.55. The van der Waals surface area contributed by atoms with Crippen LogP contribution in [-0.2, 0) is 4.74 Å². The third kappa shape index (κ3) is 4.50. The number of hydrogen-bond donors (Lipinski definition) is 2. The summed E-state index contributed by atoms with van der Waals surface area (Å²) in [5.74, 6) is 0.272. The molecule has 2 amide bonds. The van der Waals surface area contributed by atoms with Gasteiger partial charge in [-0.1, -0.05) is 18.0 Å². The van der Waals surface area contributed by atoms with Gasteiger partial charge in [-0.3, -0.25) is 9.20 Å². The van der Waals surface area contributed by atoms with E-state index >= 15 is 0 Å². The molecule has 2 atom stereocenters. The molecule has 9 heteroatoms. The van der Waals surface area contributed by atoms with Gasteiger partial charge >= 0.3 is 6.09 Å². The van der Waals surface area contributed by atoms with Crippen LogP contribution in [0.2, 0.25) is 5.02 Å². The van der Waals surface area contributed by atoms with Gasteiger partial charge in [-0.2, -0.15) is 0 Å². The normalized spacial score (nSPS) is 20.4. The second-order valence-electron chi connectivity index (χ2n) is 7.89. The van der Waals surface area contributed by atoms with Crippen LogP contribution < -0.4 is 11.1 Å². The molecule has 1 saturated carbocycles. The van der Waals surface area contributed by atoms with Crippen molar-refractivity contribution in [1.82, 2.24) is 19.9 Å². The number of rotatable bonds is 3. The third-order valence-corrected chi connectivity index (χ3v) is 4.85. The van der Waals surface area contributed by atoms with E-state index in [-0.39, 0.29) is 22.5 Å². The van der Waals surface area contributed by atoms with Gasteiger partial charge in [0.2, 0.25) is 5.91 Å². The van der Waals surface area contributed by atoms with E-state index < -0.39 is 17.6 Å². The number of nitrogens with one attached hydrogen (secondary N) is 1. The molecule has 1 fully saturated rings. The molecule has 0 saturated heterocycles. The first kappa shape index (κ1) is 19.4. The summed E-state index contributed by atoms with van der Waals surface area (Å²) >= 11 is 6.17. The summed E-state index contributed by atoms with van der Waals surface area (Å²) in [6.45, 7) is 5.51. The molecule has 2 aromatic heterocycles. The van der Waals surface area contributed by atoms with Crippen LogP contribution in [0, 0.1) is 0 Å². The Labute approximate surface area is 162 Å². The number of fused-ring (bicyclic) bond motifs is 1. The van der Waals surface area contributed by atoms with Gasteiger partial charge in [0.05, 0.1) is 10.6 Å². The molecule has 0 aromatic carbocycles. The predicted molar refractivity (Wildman–Crippen MR) is 101 cm³/mol. The van der Waals surface area contributed by atoms with Gasteiger partial charge in [-0.25, -0.2) is 4.79 Å². The molecule has 1 aliphatic carbocycles. The van der Waals surface area contributed by atoms with Crippen LogP contribution in [0.5, 0.6) is 0 Å².